The molecule has 0 aliphatic heterocycles. The second-order valence-corrected chi connectivity index (χ2v) is 9.56. The van der Waals surface area contributed by atoms with Crippen LogP contribution in [0.2, 0.25) is 0 Å². The third-order valence-electron chi connectivity index (χ3n) is 6.27. The van der Waals surface area contributed by atoms with E-state index >= 15 is 0 Å². The molecule has 0 saturated heterocycles. The van der Waals surface area contributed by atoms with Gasteiger partial charge in [0.1, 0.15) is 47.6 Å². The summed E-state index contributed by atoms with van der Waals surface area (Å²) < 4.78 is 22.2. The van der Waals surface area contributed by atoms with Gasteiger partial charge in [-0.3, -0.25) is 20.2 Å². The molecular weight excluding hydrogens is 598 g/mol. The smallest absolute Gasteiger partial charge is 0.357 e. The highest BCUT2D eigenvalue weighted by molar-refractivity contribution is 5.91. The van der Waals surface area contributed by atoms with Crippen molar-refractivity contribution in [3.05, 3.63) is 158 Å². The fourth-order valence-electron chi connectivity index (χ4n) is 4.05. The van der Waals surface area contributed by atoms with Gasteiger partial charge in [-0.05, 0) is 71.8 Å². The van der Waals surface area contributed by atoms with Crippen LogP contribution in [0.5, 0.6) is 23.0 Å². The van der Waals surface area contributed by atoms with Gasteiger partial charge < -0.3 is 18.9 Å². The number of nitro groups is 2. The lowest BCUT2D eigenvalue weighted by atomic mass is 10.2. The average molecular weight is 622 g/mol. The number of carbonyl (C=O) groups excluding carboxylic acids is 2. The Hall–Kier alpha value is -6.63. The van der Waals surface area contributed by atoms with Crippen LogP contribution in [0, 0.1) is 20.2 Å². The average Bonchev–Trinajstić information content (AvgIpc) is 3.07. The number of pyridine rings is 1. The van der Waals surface area contributed by atoms with Gasteiger partial charge in [-0.1, -0.05) is 30.3 Å². The van der Waals surface area contributed by atoms with Crippen molar-refractivity contribution in [3.8, 4) is 23.0 Å². The zero-order valence-corrected chi connectivity index (χ0v) is 23.8. The van der Waals surface area contributed by atoms with Crippen molar-refractivity contribution < 1.29 is 38.4 Å². The van der Waals surface area contributed by atoms with Crippen LogP contribution in [-0.4, -0.2) is 26.8 Å². The van der Waals surface area contributed by atoms with Crippen LogP contribution in [0.15, 0.2) is 115 Å². The summed E-state index contributed by atoms with van der Waals surface area (Å²) in [4.78, 5) is 50.2. The van der Waals surface area contributed by atoms with E-state index < -0.39 is 21.8 Å². The Kier molecular flexibility index (Phi) is 9.53. The van der Waals surface area contributed by atoms with Crippen LogP contribution in [0.4, 0.5) is 11.4 Å². The molecule has 0 radical (unpaired) electrons. The molecule has 0 spiro atoms. The molecule has 0 atom stereocenters. The molecule has 13 nitrogen and oxygen atoms in total. The van der Waals surface area contributed by atoms with Gasteiger partial charge in [-0.25, -0.2) is 14.6 Å². The minimum absolute atomic E-state index is 0.0578. The van der Waals surface area contributed by atoms with E-state index in [-0.39, 0.29) is 36.0 Å². The lowest BCUT2D eigenvalue weighted by Gasteiger charge is -2.10. The highest BCUT2D eigenvalue weighted by atomic mass is 16.6. The van der Waals surface area contributed by atoms with Gasteiger partial charge in [0, 0.05) is 24.3 Å². The Morgan fingerprint density at radius 1 is 0.543 bits per heavy atom. The first-order chi connectivity index (χ1) is 22.2. The largest absolute Gasteiger partial charge is 0.457 e. The predicted molar refractivity (Wildman–Crippen MR) is 162 cm³/mol. The summed E-state index contributed by atoms with van der Waals surface area (Å²) in [6, 6.07) is 29.1. The first kappa shape index (κ1) is 30.8. The zero-order chi connectivity index (χ0) is 32.5. The molecule has 0 bridgehead atoms. The van der Waals surface area contributed by atoms with Crippen LogP contribution in [0.25, 0.3) is 0 Å². The molecule has 4 aromatic carbocycles. The van der Waals surface area contributed by atoms with Gasteiger partial charge in [0.05, 0.1) is 9.85 Å². The van der Waals surface area contributed by atoms with Crippen molar-refractivity contribution in [2.45, 2.75) is 13.2 Å². The molecule has 0 amide bonds. The summed E-state index contributed by atoms with van der Waals surface area (Å²) in [6.45, 7) is -0.212. The standard InChI is InChI=1S/C33H23N3O10/c37-32(43-20-22-4-1-6-28(18-22)45-26-14-10-24(11-15-26)35(39)40)30-8-3-9-31(34-30)33(38)44-21-23-5-2-7-29(19-23)46-27-16-12-25(13-17-27)36(41)42/h1-19H,20-21H2. The summed E-state index contributed by atoms with van der Waals surface area (Å²) in [6.07, 6.45) is 0. The second kappa shape index (κ2) is 14.2. The van der Waals surface area contributed by atoms with Gasteiger partial charge in [-0.15, -0.1) is 0 Å². The van der Waals surface area contributed by atoms with Gasteiger partial charge in [0.25, 0.3) is 11.4 Å². The molecule has 0 aliphatic carbocycles. The topological polar surface area (TPSA) is 170 Å². The van der Waals surface area contributed by atoms with Crippen LogP contribution in [-0.2, 0) is 22.7 Å². The number of nitro benzene ring substituents is 2. The van der Waals surface area contributed by atoms with E-state index in [1.807, 2.05) is 0 Å². The number of benzene rings is 4. The molecule has 0 saturated carbocycles. The summed E-state index contributed by atoms with van der Waals surface area (Å²) in [5.41, 5.74) is 0.930. The highest BCUT2D eigenvalue weighted by Gasteiger charge is 2.16. The van der Waals surface area contributed by atoms with E-state index in [2.05, 4.69) is 4.98 Å². The Bertz CT molecular complexity index is 1760. The number of hydrogen-bond donors (Lipinski definition) is 0. The van der Waals surface area contributed by atoms with Crippen molar-refractivity contribution in [2.24, 2.45) is 0 Å². The Balaban J connectivity index is 1.14. The molecule has 5 aromatic rings. The van der Waals surface area contributed by atoms with Gasteiger partial charge >= 0.3 is 11.9 Å². The van der Waals surface area contributed by atoms with Crippen molar-refractivity contribution >= 4 is 23.3 Å². The van der Waals surface area contributed by atoms with E-state index in [4.69, 9.17) is 18.9 Å². The summed E-state index contributed by atoms with van der Waals surface area (Å²) >= 11 is 0. The highest BCUT2D eigenvalue weighted by Crippen LogP contribution is 2.26. The SMILES string of the molecule is O=C(OCc1cccc(Oc2ccc([N+](=O)[O-])cc2)c1)c1cccc(C(=O)OCc2cccc(Oc3ccc([N+](=O)[O-])cc3)c2)n1. The van der Waals surface area contributed by atoms with Gasteiger partial charge in [0.2, 0.25) is 0 Å². The number of nitrogens with zero attached hydrogens (tertiary/aromatic N) is 3. The van der Waals surface area contributed by atoms with E-state index in [1.165, 1.54) is 66.7 Å². The molecule has 1 aromatic heterocycles. The first-order valence-electron chi connectivity index (χ1n) is 13.6. The molecule has 230 valence electrons. The fourth-order valence-corrected chi connectivity index (χ4v) is 4.05. The molecule has 0 unspecified atom stereocenters. The lowest BCUT2D eigenvalue weighted by molar-refractivity contribution is -0.385. The maximum Gasteiger partial charge on any atom is 0.357 e. The van der Waals surface area contributed by atoms with Crippen molar-refractivity contribution in [2.75, 3.05) is 0 Å². The third kappa shape index (κ3) is 8.26. The Labute approximate surface area is 260 Å². The minimum atomic E-state index is -0.757. The molecule has 0 aliphatic rings. The van der Waals surface area contributed by atoms with E-state index in [0.717, 1.165) is 0 Å². The maximum absolute atomic E-state index is 12.7. The molecule has 5 rings (SSSR count). The number of rotatable bonds is 12. The maximum atomic E-state index is 12.7. The monoisotopic (exact) mass is 621 g/mol. The number of esters is 2. The summed E-state index contributed by atoms with van der Waals surface area (Å²) in [5, 5.41) is 21.7. The van der Waals surface area contributed by atoms with E-state index in [1.54, 1.807) is 48.5 Å². The number of hydrogen-bond acceptors (Lipinski definition) is 11. The second-order valence-electron chi connectivity index (χ2n) is 9.56. The fraction of sp³-hybridized carbons (Fsp3) is 0.0606. The quantitative estimate of drug-likeness (QED) is 0.0784. The van der Waals surface area contributed by atoms with Gasteiger partial charge in [-0.2, -0.15) is 0 Å². The van der Waals surface area contributed by atoms with Crippen molar-refractivity contribution in [1.29, 1.82) is 0 Å². The predicted octanol–water partition coefficient (Wildman–Crippen LogP) is 7.20. The Morgan fingerprint density at radius 3 is 1.33 bits per heavy atom. The number of aromatic nitrogens is 1. The molecule has 0 fully saturated rings. The van der Waals surface area contributed by atoms with Crippen LogP contribution < -0.4 is 9.47 Å². The van der Waals surface area contributed by atoms with Crippen molar-refractivity contribution in [1.82, 2.24) is 4.98 Å². The molecule has 46 heavy (non-hydrogen) atoms. The van der Waals surface area contributed by atoms with Crippen LogP contribution in [0.3, 0.4) is 0 Å². The van der Waals surface area contributed by atoms with E-state index in [0.29, 0.717) is 34.1 Å². The van der Waals surface area contributed by atoms with Crippen LogP contribution in [0.1, 0.15) is 32.1 Å². The number of carbonyl (C=O) groups is 2. The van der Waals surface area contributed by atoms with Crippen LogP contribution >= 0.6 is 0 Å². The molecular formula is C33H23N3O10. The minimum Gasteiger partial charge on any atom is -0.457 e. The van der Waals surface area contributed by atoms with Gasteiger partial charge in [0.15, 0.2) is 0 Å². The molecule has 1 heterocycles. The van der Waals surface area contributed by atoms with Crippen molar-refractivity contribution in [3.63, 3.8) is 0 Å². The summed E-state index contributed by atoms with van der Waals surface area (Å²) in [5.74, 6) is 0.161. The first-order valence-corrected chi connectivity index (χ1v) is 13.6. The van der Waals surface area contributed by atoms with E-state index in [9.17, 15) is 29.8 Å². The normalized spacial score (nSPS) is 10.4. The molecule has 0 N–H and O–H groups in total. The molecule has 13 heteroatoms. The summed E-state index contributed by atoms with van der Waals surface area (Å²) in [7, 11) is 0. The lowest BCUT2D eigenvalue weighted by Crippen LogP contribution is -2.12. The zero-order valence-electron chi connectivity index (χ0n) is 23.8. The third-order valence-corrected chi connectivity index (χ3v) is 6.27. The number of non-ortho nitro benzene ring substituents is 2. The Morgan fingerprint density at radius 2 is 0.935 bits per heavy atom. The number of ether oxygens (including phenoxy) is 4.